The zero-order valence-corrected chi connectivity index (χ0v) is 11.4. The van der Waals surface area contributed by atoms with E-state index in [1.807, 2.05) is 38.1 Å². The quantitative estimate of drug-likeness (QED) is 0.915. The average molecular weight is 273 g/mol. The van der Waals surface area contributed by atoms with E-state index in [1.54, 1.807) is 0 Å². The fourth-order valence-corrected chi connectivity index (χ4v) is 2.34. The SMILES string of the molecule is Cc1cc(F)cc(NC(C)c2ccc3c(c2)OCO3)c1. The summed E-state index contributed by atoms with van der Waals surface area (Å²) in [5.74, 6) is 1.29. The lowest BCUT2D eigenvalue weighted by Gasteiger charge is -2.16. The second-order valence-corrected chi connectivity index (χ2v) is 5.00. The van der Waals surface area contributed by atoms with Gasteiger partial charge in [-0.05, 0) is 55.3 Å². The van der Waals surface area contributed by atoms with Crippen LogP contribution in [0.3, 0.4) is 0 Å². The van der Waals surface area contributed by atoms with Crippen LogP contribution in [0.4, 0.5) is 10.1 Å². The molecule has 0 saturated carbocycles. The van der Waals surface area contributed by atoms with Gasteiger partial charge in [-0.3, -0.25) is 0 Å². The van der Waals surface area contributed by atoms with Gasteiger partial charge in [-0.15, -0.1) is 0 Å². The van der Waals surface area contributed by atoms with Crippen LogP contribution in [-0.2, 0) is 0 Å². The summed E-state index contributed by atoms with van der Waals surface area (Å²) < 4.78 is 24.0. The first kappa shape index (κ1) is 12.8. The summed E-state index contributed by atoms with van der Waals surface area (Å²) in [6.45, 7) is 4.17. The smallest absolute Gasteiger partial charge is 0.231 e. The number of benzene rings is 2. The minimum absolute atomic E-state index is 0.0469. The lowest BCUT2D eigenvalue weighted by Crippen LogP contribution is -2.07. The molecule has 3 nitrogen and oxygen atoms in total. The van der Waals surface area contributed by atoms with E-state index in [9.17, 15) is 4.39 Å². The first-order chi connectivity index (χ1) is 9.61. The molecule has 0 saturated heterocycles. The van der Waals surface area contributed by atoms with Gasteiger partial charge in [-0.2, -0.15) is 0 Å². The minimum Gasteiger partial charge on any atom is -0.454 e. The topological polar surface area (TPSA) is 30.5 Å². The van der Waals surface area contributed by atoms with Gasteiger partial charge in [0.2, 0.25) is 6.79 Å². The Morgan fingerprint density at radius 3 is 2.70 bits per heavy atom. The van der Waals surface area contributed by atoms with Crippen LogP contribution in [-0.4, -0.2) is 6.79 Å². The van der Waals surface area contributed by atoms with Gasteiger partial charge in [-0.25, -0.2) is 4.39 Å². The number of hydrogen-bond acceptors (Lipinski definition) is 3. The van der Waals surface area contributed by atoms with E-state index in [4.69, 9.17) is 9.47 Å². The molecule has 4 heteroatoms. The minimum atomic E-state index is -0.231. The highest BCUT2D eigenvalue weighted by Gasteiger charge is 2.15. The number of aryl methyl sites for hydroxylation is 1. The van der Waals surface area contributed by atoms with Crippen molar-refractivity contribution in [2.24, 2.45) is 0 Å². The first-order valence-corrected chi connectivity index (χ1v) is 6.55. The number of ether oxygens (including phenoxy) is 2. The number of fused-ring (bicyclic) bond motifs is 1. The molecule has 0 radical (unpaired) electrons. The van der Waals surface area contributed by atoms with Crippen LogP contribution in [0.1, 0.15) is 24.1 Å². The van der Waals surface area contributed by atoms with E-state index in [2.05, 4.69) is 5.32 Å². The van der Waals surface area contributed by atoms with Crippen LogP contribution in [0.25, 0.3) is 0 Å². The highest BCUT2D eigenvalue weighted by molar-refractivity contribution is 5.50. The molecule has 0 spiro atoms. The molecule has 20 heavy (non-hydrogen) atoms. The van der Waals surface area contributed by atoms with Gasteiger partial charge < -0.3 is 14.8 Å². The molecule has 2 aromatic carbocycles. The molecular weight excluding hydrogens is 257 g/mol. The van der Waals surface area contributed by atoms with E-state index < -0.39 is 0 Å². The summed E-state index contributed by atoms with van der Waals surface area (Å²) in [4.78, 5) is 0. The number of nitrogens with one attached hydrogen (secondary N) is 1. The Labute approximate surface area is 117 Å². The molecule has 0 fully saturated rings. The maximum atomic E-state index is 13.4. The second-order valence-electron chi connectivity index (χ2n) is 5.00. The van der Waals surface area contributed by atoms with Crippen molar-refractivity contribution in [2.45, 2.75) is 19.9 Å². The Bertz CT molecular complexity index is 622. The molecule has 3 rings (SSSR count). The van der Waals surface area contributed by atoms with Crippen LogP contribution in [0.15, 0.2) is 36.4 Å². The molecule has 0 bridgehead atoms. The van der Waals surface area contributed by atoms with Crippen molar-refractivity contribution >= 4 is 5.69 Å². The molecule has 1 N–H and O–H groups in total. The van der Waals surface area contributed by atoms with Gasteiger partial charge in [0, 0.05) is 11.7 Å². The van der Waals surface area contributed by atoms with Crippen molar-refractivity contribution in [3.63, 3.8) is 0 Å². The fraction of sp³-hybridized carbons (Fsp3) is 0.250. The Kier molecular flexibility index (Phi) is 3.22. The Balaban J connectivity index is 1.80. The van der Waals surface area contributed by atoms with Crippen molar-refractivity contribution in [3.05, 3.63) is 53.3 Å². The largest absolute Gasteiger partial charge is 0.454 e. The summed E-state index contributed by atoms with van der Waals surface area (Å²) >= 11 is 0. The Morgan fingerprint density at radius 2 is 1.90 bits per heavy atom. The molecule has 2 aromatic rings. The standard InChI is InChI=1S/C16H16FNO2/c1-10-5-13(17)8-14(6-10)18-11(2)12-3-4-15-16(7-12)20-9-19-15/h3-8,11,18H,9H2,1-2H3. The van der Waals surface area contributed by atoms with Crippen molar-refractivity contribution in [1.29, 1.82) is 0 Å². The van der Waals surface area contributed by atoms with Crippen molar-refractivity contribution in [1.82, 2.24) is 0 Å². The highest BCUT2D eigenvalue weighted by atomic mass is 19.1. The first-order valence-electron chi connectivity index (χ1n) is 6.55. The van der Waals surface area contributed by atoms with E-state index in [0.717, 1.165) is 28.3 Å². The lowest BCUT2D eigenvalue weighted by atomic mass is 10.1. The molecule has 1 unspecified atom stereocenters. The normalized spacial score (nSPS) is 14.2. The molecule has 104 valence electrons. The summed E-state index contributed by atoms with van der Waals surface area (Å²) in [6.07, 6.45) is 0. The Hall–Kier alpha value is -2.23. The number of halogens is 1. The van der Waals surface area contributed by atoms with Crippen LogP contribution < -0.4 is 14.8 Å². The molecule has 1 heterocycles. The van der Waals surface area contributed by atoms with Crippen LogP contribution in [0, 0.1) is 12.7 Å². The zero-order chi connectivity index (χ0) is 14.1. The van der Waals surface area contributed by atoms with Crippen molar-refractivity contribution in [3.8, 4) is 11.5 Å². The van der Waals surface area contributed by atoms with E-state index in [1.165, 1.54) is 12.1 Å². The lowest BCUT2D eigenvalue weighted by molar-refractivity contribution is 0.174. The number of hydrogen-bond donors (Lipinski definition) is 1. The summed E-state index contributed by atoms with van der Waals surface area (Å²) in [6, 6.07) is 10.8. The maximum Gasteiger partial charge on any atom is 0.231 e. The van der Waals surface area contributed by atoms with Gasteiger partial charge in [0.1, 0.15) is 5.82 Å². The molecule has 1 aliphatic heterocycles. The molecule has 0 aromatic heterocycles. The van der Waals surface area contributed by atoms with Crippen LogP contribution >= 0.6 is 0 Å². The van der Waals surface area contributed by atoms with Gasteiger partial charge in [0.15, 0.2) is 11.5 Å². The van der Waals surface area contributed by atoms with Gasteiger partial charge >= 0.3 is 0 Å². The predicted molar refractivity (Wildman–Crippen MR) is 75.7 cm³/mol. The highest BCUT2D eigenvalue weighted by Crippen LogP contribution is 2.34. The molecular formula is C16H16FNO2. The monoisotopic (exact) mass is 273 g/mol. The fourth-order valence-electron chi connectivity index (χ4n) is 2.34. The third-order valence-corrected chi connectivity index (χ3v) is 3.32. The van der Waals surface area contributed by atoms with Crippen molar-refractivity contribution < 1.29 is 13.9 Å². The number of anilines is 1. The van der Waals surface area contributed by atoms with E-state index >= 15 is 0 Å². The third-order valence-electron chi connectivity index (χ3n) is 3.32. The summed E-state index contributed by atoms with van der Waals surface area (Å²) in [7, 11) is 0. The maximum absolute atomic E-state index is 13.4. The van der Waals surface area contributed by atoms with Crippen LogP contribution in [0.5, 0.6) is 11.5 Å². The van der Waals surface area contributed by atoms with Crippen LogP contribution in [0.2, 0.25) is 0 Å². The molecule has 0 amide bonds. The van der Waals surface area contributed by atoms with E-state index in [0.29, 0.717) is 0 Å². The second kappa shape index (κ2) is 5.04. The summed E-state index contributed by atoms with van der Waals surface area (Å²) in [5.41, 5.74) is 2.73. The zero-order valence-electron chi connectivity index (χ0n) is 11.4. The van der Waals surface area contributed by atoms with Crippen molar-refractivity contribution in [2.75, 3.05) is 12.1 Å². The Morgan fingerprint density at radius 1 is 1.10 bits per heavy atom. The van der Waals surface area contributed by atoms with Gasteiger partial charge in [0.25, 0.3) is 0 Å². The summed E-state index contributed by atoms with van der Waals surface area (Å²) in [5, 5.41) is 3.29. The number of rotatable bonds is 3. The third kappa shape index (κ3) is 2.54. The molecule has 1 aliphatic rings. The average Bonchev–Trinajstić information content (AvgIpc) is 2.84. The van der Waals surface area contributed by atoms with E-state index in [-0.39, 0.29) is 18.7 Å². The van der Waals surface area contributed by atoms with Gasteiger partial charge in [-0.1, -0.05) is 6.07 Å². The molecule has 1 atom stereocenters. The molecule has 0 aliphatic carbocycles. The van der Waals surface area contributed by atoms with Gasteiger partial charge in [0.05, 0.1) is 0 Å². The predicted octanol–water partition coefficient (Wildman–Crippen LogP) is 4.04.